The lowest BCUT2D eigenvalue weighted by Gasteiger charge is -2.14. The van der Waals surface area contributed by atoms with Gasteiger partial charge in [-0.3, -0.25) is 4.79 Å². The second-order valence-electron chi connectivity index (χ2n) is 6.25. The monoisotopic (exact) mass is 392 g/mol. The number of anilines is 3. The van der Waals surface area contributed by atoms with Gasteiger partial charge in [0, 0.05) is 34.8 Å². The molecule has 2 N–H and O–H groups in total. The van der Waals surface area contributed by atoms with Gasteiger partial charge in [0.25, 0.3) is 0 Å². The summed E-state index contributed by atoms with van der Waals surface area (Å²) in [5.74, 6) is 0.395. The van der Waals surface area contributed by atoms with E-state index >= 15 is 0 Å². The highest BCUT2D eigenvalue weighted by Crippen LogP contribution is 2.34. The van der Waals surface area contributed by atoms with Crippen molar-refractivity contribution in [1.29, 1.82) is 0 Å². The number of methoxy groups -OCH3 is 1. The van der Waals surface area contributed by atoms with Gasteiger partial charge in [-0.15, -0.1) is 0 Å². The van der Waals surface area contributed by atoms with E-state index in [1.54, 1.807) is 13.2 Å². The number of carbonyl (C=O) groups is 1. The minimum absolute atomic E-state index is 0.111. The summed E-state index contributed by atoms with van der Waals surface area (Å²) in [6, 6.07) is 16.6. The molecular weight excluding hydrogens is 376 g/mol. The van der Waals surface area contributed by atoms with Gasteiger partial charge in [-0.1, -0.05) is 11.6 Å². The summed E-state index contributed by atoms with van der Waals surface area (Å²) < 4.78 is 5.28. The molecule has 28 heavy (non-hydrogen) atoms. The molecule has 6 nitrogen and oxygen atoms in total. The molecule has 0 fully saturated rings. The topological polar surface area (TPSA) is 76.1 Å². The van der Waals surface area contributed by atoms with E-state index in [0.29, 0.717) is 16.4 Å². The first kappa shape index (κ1) is 18.0. The quantitative estimate of drug-likeness (QED) is 0.470. The molecule has 4 aromatic rings. The maximum Gasteiger partial charge on any atom is 0.221 e. The molecule has 0 aliphatic carbocycles. The normalized spacial score (nSPS) is 10.8. The Morgan fingerprint density at radius 1 is 0.964 bits per heavy atom. The van der Waals surface area contributed by atoms with Crippen LogP contribution in [0.2, 0.25) is 5.02 Å². The second kappa shape index (κ2) is 7.32. The van der Waals surface area contributed by atoms with E-state index < -0.39 is 0 Å². The smallest absolute Gasteiger partial charge is 0.221 e. The number of pyridine rings is 2. The van der Waals surface area contributed by atoms with Crippen LogP contribution in [-0.2, 0) is 4.79 Å². The first-order valence-corrected chi connectivity index (χ1v) is 9.00. The fourth-order valence-corrected chi connectivity index (χ4v) is 3.17. The van der Waals surface area contributed by atoms with E-state index in [0.717, 1.165) is 33.5 Å². The summed E-state index contributed by atoms with van der Waals surface area (Å²) in [5, 5.41) is 7.69. The number of carbonyl (C=O) groups excluding carboxylic acids is 1. The van der Waals surface area contributed by atoms with E-state index in [1.165, 1.54) is 6.92 Å². The summed E-state index contributed by atoms with van der Waals surface area (Å²) in [6.07, 6.45) is 0. The molecule has 4 rings (SSSR count). The fourth-order valence-electron chi connectivity index (χ4n) is 3.00. The largest absolute Gasteiger partial charge is 0.481 e. The zero-order valence-electron chi connectivity index (χ0n) is 15.3. The number of nitrogens with one attached hydrogen (secondary N) is 2. The van der Waals surface area contributed by atoms with Crippen molar-refractivity contribution in [2.45, 2.75) is 6.92 Å². The Morgan fingerprint density at radius 3 is 2.43 bits per heavy atom. The minimum Gasteiger partial charge on any atom is -0.481 e. The molecule has 0 unspecified atom stereocenters. The Balaban J connectivity index is 1.85. The molecule has 7 heteroatoms. The number of halogens is 1. The Morgan fingerprint density at radius 2 is 1.71 bits per heavy atom. The zero-order chi connectivity index (χ0) is 19.7. The highest BCUT2D eigenvalue weighted by atomic mass is 35.5. The van der Waals surface area contributed by atoms with Gasteiger partial charge in [-0.25, -0.2) is 9.97 Å². The van der Waals surface area contributed by atoms with Gasteiger partial charge in [0.1, 0.15) is 5.52 Å². The highest BCUT2D eigenvalue weighted by Gasteiger charge is 2.13. The van der Waals surface area contributed by atoms with Gasteiger partial charge in [0.15, 0.2) is 0 Å². The number of amides is 1. The molecule has 0 aliphatic rings. The van der Waals surface area contributed by atoms with E-state index in [-0.39, 0.29) is 5.91 Å². The number of fused-ring (bicyclic) bond motifs is 2. The van der Waals surface area contributed by atoms with Crippen LogP contribution in [0.15, 0.2) is 54.6 Å². The number of nitrogens with zero attached hydrogens (tertiary/aromatic N) is 2. The van der Waals surface area contributed by atoms with Crippen molar-refractivity contribution in [2.75, 3.05) is 17.7 Å². The van der Waals surface area contributed by atoms with Gasteiger partial charge in [-0.05, 0) is 48.5 Å². The van der Waals surface area contributed by atoms with E-state index in [9.17, 15) is 4.79 Å². The van der Waals surface area contributed by atoms with Crippen molar-refractivity contribution in [3.63, 3.8) is 0 Å². The van der Waals surface area contributed by atoms with Crippen LogP contribution in [0, 0.1) is 0 Å². The van der Waals surface area contributed by atoms with E-state index in [1.807, 2.05) is 48.5 Å². The van der Waals surface area contributed by atoms with Crippen LogP contribution in [0.25, 0.3) is 21.9 Å². The maximum absolute atomic E-state index is 11.2. The molecule has 2 aromatic carbocycles. The molecule has 140 valence electrons. The van der Waals surface area contributed by atoms with Crippen molar-refractivity contribution < 1.29 is 9.53 Å². The third kappa shape index (κ3) is 3.54. The molecule has 0 aliphatic heterocycles. The molecule has 0 radical (unpaired) electrons. The van der Waals surface area contributed by atoms with Crippen LogP contribution in [0.4, 0.5) is 17.1 Å². The fraction of sp³-hybridized carbons (Fsp3) is 0.0952. The first-order chi connectivity index (χ1) is 13.5. The number of hydrogen-bond acceptors (Lipinski definition) is 5. The van der Waals surface area contributed by atoms with Crippen LogP contribution in [0.5, 0.6) is 5.88 Å². The molecule has 0 saturated heterocycles. The van der Waals surface area contributed by atoms with Gasteiger partial charge < -0.3 is 15.4 Å². The Hall–Kier alpha value is -3.38. The van der Waals surface area contributed by atoms with Crippen molar-refractivity contribution in [1.82, 2.24) is 9.97 Å². The van der Waals surface area contributed by atoms with Gasteiger partial charge in [-0.2, -0.15) is 0 Å². The summed E-state index contributed by atoms with van der Waals surface area (Å²) in [7, 11) is 1.58. The molecule has 2 heterocycles. The minimum atomic E-state index is -0.111. The number of hydrogen-bond donors (Lipinski definition) is 2. The Kier molecular flexibility index (Phi) is 4.71. The van der Waals surface area contributed by atoms with Gasteiger partial charge >= 0.3 is 0 Å². The zero-order valence-corrected chi connectivity index (χ0v) is 16.0. The lowest BCUT2D eigenvalue weighted by atomic mass is 10.1. The average Bonchev–Trinajstić information content (AvgIpc) is 2.68. The number of benzene rings is 2. The van der Waals surface area contributed by atoms with Crippen molar-refractivity contribution in [3.8, 4) is 5.88 Å². The molecule has 2 aromatic heterocycles. The lowest BCUT2D eigenvalue weighted by Crippen LogP contribution is -2.05. The maximum atomic E-state index is 11.2. The number of rotatable bonds is 4. The van der Waals surface area contributed by atoms with Crippen LogP contribution >= 0.6 is 11.6 Å². The van der Waals surface area contributed by atoms with Crippen molar-refractivity contribution >= 4 is 56.5 Å². The van der Waals surface area contributed by atoms with Gasteiger partial charge in [0.2, 0.25) is 11.8 Å². The molecule has 0 saturated carbocycles. The second-order valence-corrected chi connectivity index (χ2v) is 6.69. The SMILES string of the molecule is COc1ccc2nc3cc(Cl)ccc3c(Nc3ccc(NC(C)=O)cc3)c2n1. The number of aromatic nitrogens is 2. The molecular formula is C21H17ClN4O2. The Bertz CT molecular complexity index is 1190. The van der Waals surface area contributed by atoms with Crippen LogP contribution in [0.1, 0.15) is 6.92 Å². The van der Waals surface area contributed by atoms with Crippen molar-refractivity contribution in [3.05, 3.63) is 59.6 Å². The average molecular weight is 393 g/mol. The predicted octanol–water partition coefficient (Wildman–Crippen LogP) is 5.15. The Labute approximate surface area is 166 Å². The summed E-state index contributed by atoms with van der Waals surface area (Å²) >= 11 is 6.16. The van der Waals surface area contributed by atoms with Gasteiger partial charge in [0.05, 0.1) is 23.8 Å². The molecule has 1 amide bonds. The third-order valence-electron chi connectivity index (χ3n) is 4.24. The predicted molar refractivity (Wildman–Crippen MR) is 113 cm³/mol. The van der Waals surface area contributed by atoms with Crippen LogP contribution in [-0.4, -0.2) is 23.0 Å². The highest BCUT2D eigenvalue weighted by molar-refractivity contribution is 6.31. The van der Waals surface area contributed by atoms with Crippen molar-refractivity contribution in [2.24, 2.45) is 0 Å². The molecule has 0 atom stereocenters. The molecule has 0 spiro atoms. The van der Waals surface area contributed by atoms with Crippen LogP contribution in [0.3, 0.4) is 0 Å². The summed E-state index contributed by atoms with van der Waals surface area (Å²) in [4.78, 5) is 20.5. The summed E-state index contributed by atoms with van der Waals surface area (Å²) in [5.41, 5.74) is 4.58. The standard InChI is InChI=1S/C21H17ClN4O2/c1-12(27)23-14-4-6-15(7-5-14)24-20-16-8-3-13(22)11-18(16)25-17-9-10-19(28-2)26-21(17)20/h3-11H,1-2H3,(H,23,27)(H,24,25). The third-order valence-corrected chi connectivity index (χ3v) is 4.47. The summed E-state index contributed by atoms with van der Waals surface area (Å²) in [6.45, 7) is 1.48. The first-order valence-electron chi connectivity index (χ1n) is 8.62. The molecule has 0 bridgehead atoms. The van der Waals surface area contributed by atoms with E-state index in [4.69, 9.17) is 16.3 Å². The van der Waals surface area contributed by atoms with E-state index in [2.05, 4.69) is 20.6 Å². The number of ether oxygens (including phenoxy) is 1. The van der Waals surface area contributed by atoms with Crippen LogP contribution < -0.4 is 15.4 Å². The lowest BCUT2D eigenvalue weighted by molar-refractivity contribution is -0.114.